The minimum absolute atomic E-state index is 0.101. The van der Waals surface area contributed by atoms with Gasteiger partial charge in [-0.2, -0.15) is 0 Å². The molecule has 0 saturated carbocycles. The summed E-state index contributed by atoms with van der Waals surface area (Å²) in [4.78, 5) is 13.7. The summed E-state index contributed by atoms with van der Waals surface area (Å²) in [5.74, 6) is 84.2. The quantitative estimate of drug-likeness (QED) is 0.0979. The summed E-state index contributed by atoms with van der Waals surface area (Å²) >= 11 is 0. The van der Waals surface area contributed by atoms with E-state index in [1.165, 1.54) is 14.2 Å². The van der Waals surface area contributed by atoms with E-state index < -0.39 is 24.7 Å². The fraction of sp³-hybridized carbons (Fsp3) is 0.132. The maximum atomic E-state index is 13.7. The molecule has 0 radical (unpaired) electrons. The number of nitrogens with one attached hydrogen (secondary N) is 3. The van der Waals surface area contributed by atoms with Gasteiger partial charge in [0.2, 0.25) is 5.79 Å². The number of allylic oxidation sites excluding steroid dienone is 3. The molecular weight excluding hydrogens is 987 g/mol. The SMILES string of the molecule is CC#CC#CC#CC#CC#CC#CC#CC#CC#CC#CC#CC#CC#CC#CC#CC#CC#CC(NC(=O)Oc1ccc(C=CC)cc1)(NC(O)Oc1ccc(C=CC)cc1OC)NC(O)Oc1ccc(C=CC)cc1OC. The van der Waals surface area contributed by atoms with Crippen LogP contribution in [0.4, 0.5) is 4.79 Å². The topological polar surface area (TPSA) is 140 Å². The third kappa shape index (κ3) is 26.8. The second-order valence-corrected chi connectivity index (χ2v) is 13.8. The van der Waals surface area contributed by atoms with Gasteiger partial charge in [0.1, 0.15) is 5.75 Å². The largest absolute Gasteiger partial charge is 0.493 e. The van der Waals surface area contributed by atoms with E-state index in [1.807, 2.05) is 57.2 Å². The highest BCUT2D eigenvalue weighted by atomic mass is 16.6. The Bertz CT molecular complexity index is 3920. The van der Waals surface area contributed by atoms with E-state index in [4.69, 9.17) is 23.7 Å². The van der Waals surface area contributed by atoms with E-state index in [9.17, 15) is 15.0 Å². The molecule has 2 atom stereocenters. The lowest BCUT2D eigenvalue weighted by Gasteiger charge is -2.34. The molecule has 0 fully saturated rings. The lowest BCUT2D eigenvalue weighted by Crippen LogP contribution is -2.72. The zero-order valence-electron chi connectivity index (χ0n) is 43.2. The molecule has 0 heterocycles. The highest BCUT2D eigenvalue weighted by Gasteiger charge is 2.37. The summed E-state index contributed by atoms with van der Waals surface area (Å²) in [6.45, 7) is 7.27. The Hall–Kier alpha value is -12.3. The number of hydrogen-bond acceptors (Lipinski definition) is 10. The third-order valence-electron chi connectivity index (χ3n) is 8.30. The van der Waals surface area contributed by atoms with Crippen LogP contribution in [0.15, 0.2) is 78.9 Å². The van der Waals surface area contributed by atoms with Crippen LogP contribution in [0.5, 0.6) is 28.7 Å². The van der Waals surface area contributed by atoms with Crippen LogP contribution < -0.4 is 39.6 Å². The van der Waals surface area contributed by atoms with Crippen LogP contribution in [0.3, 0.4) is 0 Å². The van der Waals surface area contributed by atoms with Crippen LogP contribution in [0.2, 0.25) is 0 Å². The third-order valence-corrected chi connectivity index (χ3v) is 8.30. The molecular formula is C68H41N3O8. The highest BCUT2D eigenvalue weighted by molar-refractivity contribution is 5.72. The Balaban J connectivity index is 1.83. The average Bonchev–Trinajstić information content (AvgIpc) is 3.44. The van der Waals surface area contributed by atoms with Gasteiger partial charge in [-0.25, -0.2) is 15.4 Å². The Morgan fingerprint density at radius 2 is 0.747 bits per heavy atom. The molecule has 3 aromatic carbocycles. The first-order chi connectivity index (χ1) is 38.7. The molecule has 11 nitrogen and oxygen atoms in total. The van der Waals surface area contributed by atoms with Gasteiger partial charge < -0.3 is 33.9 Å². The van der Waals surface area contributed by atoms with Gasteiger partial charge in [-0.1, -0.05) is 66.6 Å². The number of hydrogen-bond donors (Lipinski definition) is 5. The lowest BCUT2D eigenvalue weighted by molar-refractivity contribution is -0.103. The molecule has 3 aromatic rings. The van der Waals surface area contributed by atoms with E-state index in [2.05, 4.69) is 217 Å². The fourth-order valence-corrected chi connectivity index (χ4v) is 5.29. The minimum Gasteiger partial charge on any atom is -0.493 e. The van der Waals surface area contributed by atoms with Crippen molar-refractivity contribution in [3.8, 4) is 230 Å². The minimum atomic E-state index is -2.35. The van der Waals surface area contributed by atoms with Crippen molar-refractivity contribution in [1.29, 1.82) is 0 Å². The van der Waals surface area contributed by atoms with Crippen LogP contribution in [0.25, 0.3) is 18.2 Å². The van der Waals surface area contributed by atoms with Gasteiger partial charge >= 0.3 is 6.09 Å². The predicted octanol–water partition coefficient (Wildman–Crippen LogP) is 5.51. The number of methoxy groups -OCH3 is 2. The second-order valence-electron chi connectivity index (χ2n) is 13.8. The number of ether oxygens (including phenoxy) is 5. The number of aliphatic hydroxyl groups excluding tert-OH is 2. The van der Waals surface area contributed by atoms with Crippen LogP contribution >= 0.6 is 0 Å². The van der Waals surface area contributed by atoms with Gasteiger partial charge in [-0.05, 0) is 181 Å². The summed E-state index contributed by atoms with van der Waals surface area (Å²) in [6.07, 6.45) is 6.05. The van der Waals surface area contributed by atoms with Gasteiger partial charge in [0.15, 0.2) is 23.0 Å². The second kappa shape index (κ2) is 38.3. The molecule has 0 aromatic heterocycles. The van der Waals surface area contributed by atoms with Gasteiger partial charge in [-0.15, -0.1) is 0 Å². The Kier molecular flexibility index (Phi) is 29.6. The van der Waals surface area contributed by atoms with E-state index in [0.717, 1.165) is 16.7 Å². The Labute approximate surface area is 463 Å². The molecule has 79 heavy (non-hydrogen) atoms. The van der Waals surface area contributed by atoms with E-state index >= 15 is 0 Å². The Morgan fingerprint density at radius 1 is 0.443 bits per heavy atom. The van der Waals surface area contributed by atoms with Crippen molar-refractivity contribution < 1.29 is 38.7 Å². The van der Waals surface area contributed by atoms with Crippen molar-refractivity contribution >= 4 is 24.3 Å². The van der Waals surface area contributed by atoms with Crippen molar-refractivity contribution in [1.82, 2.24) is 16.0 Å². The Morgan fingerprint density at radius 3 is 1.06 bits per heavy atom. The molecule has 1 amide bonds. The zero-order chi connectivity index (χ0) is 56.9. The normalized spacial score (nSPS) is 9.82. The van der Waals surface area contributed by atoms with Crippen molar-refractivity contribution in [2.75, 3.05) is 14.2 Å². The molecule has 0 saturated heterocycles. The van der Waals surface area contributed by atoms with Crippen LogP contribution in [-0.4, -0.2) is 49.1 Å². The van der Waals surface area contributed by atoms with E-state index in [0.29, 0.717) is 0 Å². The average molecular weight is 1030 g/mol. The number of carbonyl (C=O) groups excluding carboxylic acids is 1. The number of aliphatic hydroxyl groups is 2. The molecule has 3 rings (SSSR count). The summed E-state index contributed by atoms with van der Waals surface area (Å²) < 4.78 is 28.2. The first kappa shape index (κ1) is 61.0. The number of amides is 1. The standard InChI is InChI=1S/C68H41N3O8/c1-7-11-12-13-14-15-16-17-18-19-20-21-22-23-24-25-26-27-28-29-30-31-32-33-34-35-36-37-38-39-40-41-42-54-68(69-65(72)77-60-50-46-57(43-8-2)47-51-60,70-66(73)78-61-52-48-58(44-9-3)55-63(61)75-5)71-67(74)79-62-53-49-59(45-10-4)56-64(62)76-6/h8-10,43-53,55-56,66-67,70-71,73-74H,1-6H3,(H,69,72). The summed E-state index contributed by atoms with van der Waals surface area (Å²) in [7, 11) is 2.86. The molecule has 0 aliphatic heterocycles. The molecule has 0 aliphatic carbocycles. The van der Waals surface area contributed by atoms with Crippen molar-refractivity contribution in [2.45, 2.75) is 46.3 Å². The lowest BCUT2D eigenvalue weighted by atomic mass is 10.2. The summed E-state index contributed by atoms with van der Waals surface area (Å²) in [5, 5.41) is 30.6. The van der Waals surface area contributed by atoms with Gasteiger partial charge in [-0.3, -0.25) is 5.32 Å². The zero-order valence-corrected chi connectivity index (χ0v) is 43.2. The molecule has 0 bridgehead atoms. The first-order valence-corrected chi connectivity index (χ1v) is 22.7. The van der Waals surface area contributed by atoms with Gasteiger partial charge in [0.05, 0.1) is 14.2 Å². The maximum Gasteiger partial charge on any atom is 0.415 e. The first-order valence-electron chi connectivity index (χ1n) is 22.7. The van der Waals surface area contributed by atoms with Crippen molar-refractivity contribution in [3.63, 3.8) is 0 Å². The maximum absolute atomic E-state index is 13.7. The molecule has 2 unspecified atom stereocenters. The van der Waals surface area contributed by atoms with E-state index in [-0.39, 0.29) is 28.7 Å². The van der Waals surface area contributed by atoms with Crippen LogP contribution in [0.1, 0.15) is 44.4 Å². The summed E-state index contributed by atoms with van der Waals surface area (Å²) in [5.41, 5.74) is 2.45. The number of rotatable bonds is 15. The van der Waals surface area contributed by atoms with Crippen molar-refractivity contribution in [2.24, 2.45) is 0 Å². The molecule has 11 heteroatoms. The van der Waals surface area contributed by atoms with Crippen LogP contribution in [0, 0.1) is 201 Å². The predicted molar refractivity (Wildman–Crippen MR) is 306 cm³/mol. The summed E-state index contributed by atoms with van der Waals surface area (Å²) in [6, 6.07) is 16.6. The number of benzene rings is 3. The fourth-order valence-electron chi connectivity index (χ4n) is 5.29. The molecule has 376 valence electrons. The van der Waals surface area contributed by atoms with Gasteiger partial charge in [0.25, 0.3) is 12.8 Å². The molecule has 0 aliphatic rings. The van der Waals surface area contributed by atoms with E-state index in [1.54, 1.807) is 67.6 Å². The van der Waals surface area contributed by atoms with Crippen molar-refractivity contribution in [3.05, 3.63) is 95.6 Å². The highest BCUT2D eigenvalue weighted by Crippen LogP contribution is 2.30. The number of carbonyl (C=O) groups is 1. The molecule has 5 N–H and O–H groups in total. The van der Waals surface area contributed by atoms with Gasteiger partial charge in [0, 0.05) is 94.7 Å². The monoisotopic (exact) mass is 1030 g/mol. The molecule has 0 spiro atoms. The van der Waals surface area contributed by atoms with Crippen LogP contribution in [-0.2, 0) is 0 Å². The smallest absolute Gasteiger partial charge is 0.415 e.